The molecule has 1 saturated carbocycles. The summed E-state index contributed by atoms with van der Waals surface area (Å²) in [5, 5.41) is 11.2. The van der Waals surface area contributed by atoms with Crippen LogP contribution in [-0.2, 0) is 4.79 Å². The number of carboxylic acid groups (broad SMARTS) is 1. The van der Waals surface area contributed by atoms with Gasteiger partial charge in [0.2, 0.25) is 0 Å². The van der Waals surface area contributed by atoms with Crippen molar-refractivity contribution in [2.45, 2.75) is 18.9 Å². The molecule has 108 valence electrons. The maximum absolute atomic E-state index is 13.6. The monoisotopic (exact) mass is 282 g/mol. The smallest absolute Gasteiger partial charge is 0.323 e. The van der Waals surface area contributed by atoms with Crippen molar-refractivity contribution in [2.75, 3.05) is 19.0 Å². The average Bonchev–Trinajstić information content (AvgIpc) is 3.22. The van der Waals surface area contributed by atoms with Gasteiger partial charge in [0, 0.05) is 12.1 Å². The summed E-state index contributed by atoms with van der Waals surface area (Å²) in [7, 11) is 1.43. The Hall–Kier alpha value is -2.31. The van der Waals surface area contributed by atoms with E-state index in [0.717, 1.165) is 12.8 Å². The van der Waals surface area contributed by atoms with Crippen LogP contribution in [0.3, 0.4) is 0 Å². The van der Waals surface area contributed by atoms with Crippen molar-refractivity contribution in [3.05, 3.63) is 24.0 Å². The molecular formula is C13H15FN2O4. The molecule has 2 amide bonds. The fraction of sp³-hybridized carbons (Fsp3) is 0.385. The number of benzene rings is 1. The van der Waals surface area contributed by atoms with E-state index in [4.69, 9.17) is 9.84 Å². The first kappa shape index (κ1) is 14.1. The lowest BCUT2D eigenvalue weighted by atomic mass is 10.3. The zero-order valence-corrected chi connectivity index (χ0v) is 10.9. The topological polar surface area (TPSA) is 78.9 Å². The Labute approximate surface area is 115 Å². The van der Waals surface area contributed by atoms with E-state index >= 15 is 0 Å². The first-order valence-corrected chi connectivity index (χ1v) is 6.14. The van der Waals surface area contributed by atoms with Crippen molar-refractivity contribution in [1.82, 2.24) is 4.90 Å². The van der Waals surface area contributed by atoms with E-state index in [1.54, 1.807) is 0 Å². The lowest BCUT2D eigenvalue weighted by molar-refractivity contribution is -0.137. The summed E-state index contributed by atoms with van der Waals surface area (Å²) >= 11 is 0. The molecule has 0 bridgehead atoms. The Morgan fingerprint density at radius 1 is 1.50 bits per heavy atom. The van der Waals surface area contributed by atoms with Crippen LogP contribution in [0.15, 0.2) is 18.2 Å². The van der Waals surface area contributed by atoms with Gasteiger partial charge >= 0.3 is 12.0 Å². The molecule has 0 spiro atoms. The van der Waals surface area contributed by atoms with E-state index in [0.29, 0.717) is 5.75 Å². The minimum absolute atomic E-state index is 0.0367. The van der Waals surface area contributed by atoms with Crippen molar-refractivity contribution >= 4 is 17.7 Å². The predicted octanol–water partition coefficient (Wildman–Crippen LogP) is 1.92. The number of amides is 2. The summed E-state index contributed by atoms with van der Waals surface area (Å²) < 4.78 is 18.6. The van der Waals surface area contributed by atoms with Crippen molar-refractivity contribution in [2.24, 2.45) is 0 Å². The second-order valence-electron chi connectivity index (χ2n) is 4.53. The van der Waals surface area contributed by atoms with Crippen LogP contribution in [0.5, 0.6) is 5.75 Å². The SMILES string of the molecule is COc1ccc(F)c(NC(=O)N(CC(=O)O)C2CC2)c1. The van der Waals surface area contributed by atoms with Gasteiger partial charge in [0.05, 0.1) is 12.8 Å². The van der Waals surface area contributed by atoms with Gasteiger partial charge in [-0.05, 0) is 25.0 Å². The Kier molecular flexibility index (Phi) is 4.07. The Bertz CT molecular complexity index is 531. The highest BCUT2D eigenvalue weighted by atomic mass is 19.1. The highest BCUT2D eigenvalue weighted by Crippen LogP contribution is 2.28. The fourth-order valence-electron chi connectivity index (χ4n) is 1.81. The maximum Gasteiger partial charge on any atom is 0.323 e. The Morgan fingerprint density at radius 2 is 2.20 bits per heavy atom. The molecule has 1 fully saturated rings. The van der Waals surface area contributed by atoms with E-state index in [1.165, 1.54) is 30.2 Å². The molecule has 1 aromatic rings. The summed E-state index contributed by atoms with van der Waals surface area (Å²) in [6, 6.07) is 3.24. The number of nitrogens with zero attached hydrogens (tertiary/aromatic N) is 1. The second-order valence-corrected chi connectivity index (χ2v) is 4.53. The van der Waals surface area contributed by atoms with Gasteiger partial charge in [0.1, 0.15) is 18.1 Å². The number of anilines is 1. The maximum atomic E-state index is 13.6. The molecule has 2 rings (SSSR count). The average molecular weight is 282 g/mol. The molecule has 0 heterocycles. The molecule has 20 heavy (non-hydrogen) atoms. The summed E-state index contributed by atoms with van der Waals surface area (Å²) in [6.45, 7) is -0.401. The molecule has 0 aromatic heterocycles. The molecule has 0 aliphatic heterocycles. The largest absolute Gasteiger partial charge is 0.497 e. The van der Waals surface area contributed by atoms with Gasteiger partial charge in [-0.2, -0.15) is 0 Å². The van der Waals surface area contributed by atoms with Crippen LogP contribution in [0.25, 0.3) is 0 Å². The van der Waals surface area contributed by atoms with Crippen LogP contribution in [-0.4, -0.2) is 41.7 Å². The normalized spacial score (nSPS) is 13.7. The molecule has 0 saturated heterocycles. The minimum atomic E-state index is -1.10. The summed E-state index contributed by atoms with van der Waals surface area (Å²) in [4.78, 5) is 24.0. The van der Waals surface area contributed by atoms with E-state index in [9.17, 15) is 14.0 Å². The first-order chi connectivity index (χ1) is 9.51. The van der Waals surface area contributed by atoms with Crippen LogP contribution in [0, 0.1) is 5.82 Å². The highest BCUT2D eigenvalue weighted by Gasteiger charge is 2.34. The number of rotatable bonds is 5. The minimum Gasteiger partial charge on any atom is -0.497 e. The number of halogens is 1. The number of aliphatic carboxylic acids is 1. The van der Waals surface area contributed by atoms with Gasteiger partial charge in [-0.3, -0.25) is 4.79 Å². The van der Waals surface area contributed by atoms with Gasteiger partial charge in [-0.15, -0.1) is 0 Å². The lowest BCUT2D eigenvalue weighted by Crippen LogP contribution is -2.40. The van der Waals surface area contributed by atoms with Gasteiger partial charge in [0.15, 0.2) is 0 Å². The molecular weight excluding hydrogens is 267 g/mol. The van der Waals surface area contributed by atoms with E-state index in [1.807, 2.05) is 0 Å². The van der Waals surface area contributed by atoms with Crippen molar-refractivity contribution in [3.8, 4) is 5.75 Å². The van der Waals surface area contributed by atoms with Gasteiger partial charge < -0.3 is 20.1 Å². The number of ether oxygens (including phenoxy) is 1. The second kappa shape index (κ2) is 5.77. The molecule has 0 unspecified atom stereocenters. The number of carbonyl (C=O) groups is 2. The summed E-state index contributed by atoms with van der Waals surface area (Å²) in [6.07, 6.45) is 1.53. The molecule has 1 aromatic carbocycles. The number of hydrogen-bond donors (Lipinski definition) is 2. The van der Waals surface area contributed by atoms with E-state index in [2.05, 4.69) is 5.32 Å². The number of hydrogen-bond acceptors (Lipinski definition) is 3. The molecule has 0 atom stereocenters. The molecule has 1 aliphatic rings. The van der Waals surface area contributed by atoms with Crippen LogP contribution in [0.1, 0.15) is 12.8 Å². The number of urea groups is 1. The summed E-state index contributed by atoms with van der Waals surface area (Å²) in [5.74, 6) is -1.30. The van der Waals surface area contributed by atoms with Crippen LogP contribution in [0.2, 0.25) is 0 Å². The zero-order valence-electron chi connectivity index (χ0n) is 10.9. The van der Waals surface area contributed by atoms with Crippen LogP contribution in [0.4, 0.5) is 14.9 Å². The Balaban J connectivity index is 2.11. The number of carbonyl (C=O) groups excluding carboxylic acids is 1. The van der Waals surface area contributed by atoms with E-state index in [-0.39, 0.29) is 11.7 Å². The van der Waals surface area contributed by atoms with Crippen molar-refractivity contribution in [1.29, 1.82) is 0 Å². The third-order valence-electron chi connectivity index (χ3n) is 2.97. The molecule has 2 N–H and O–H groups in total. The number of methoxy groups -OCH3 is 1. The predicted molar refractivity (Wildman–Crippen MR) is 69.3 cm³/mol. The number of carboxylic acids is 1. The van der Waals surface area contributed by atoms with Crippen LogP contribution < -0.4 is 10.1 Å². The van der Waals surface area contributed by atoms with Crippen molar-refractivity contribution < 1.29 is 23.8 Å². The molecule has 7 heteroatoms. The number of nitrogens with one attached hydrogen (secondary N) is 1. The van der Waals surface area contributed by atoms with Gasteiger partial charge in [-0.1, -0.05) is 0 Å². The lowest BCUT2D eigenvalue weighted by Gasteiger charge is -2.21. The Morgan fingerprint density at radius 3 is 2.75 bits per heavy atom. The van der Waals surface area contributed by atoms with Crippen molar-refractivity contribution in [3.63, 3.8) is 0 Å². The molecule has 1 aliphatic carbocycles. The quantitative estimate of drug-likeness (QED) is 0.864. The fourth-order valence-corrected chi connectivity index (χ4v) is 1.81. The third kappa shape index (κ3) is 3.37. The third-order valence-corrected chi connectivity index (χ3v) is 2.97. The molecule has 0 radical (unpaired) electrons. The van der Waals surface area contributed by atoms with E-state index < -0.39 is 24.4 Å². The van der Waals surface area contributed by atoms with Gasteiger partial charge in [-0.25, -0.2) is 9.18 Å². The van der Waals surface area contributed by atoms with Crippen LogP contribution >= 0.6 is 0 Å². The highest BCUT2D eigenvalue weighted by molar-refractivity contribution is 5.92. The first-order valence-electron chi connectivity index (χ1n) is 6.14. The van der Waals surface area contributed by atoms with Gasteiger partial charge in [0.25, 0.3) is 0 Å². The molecule has 6 nitrogen and oxygen atoms in total. The zero-order chi connectivity index (χ0) is 14.7. The standard InChI is InChI=1S/C13H15FN2O4/c1-20-9-4-5-10(14)11(6-9)15-13(19)16(7-12(17)18)8-2-3-8/h4-6,8H,2-3,7H2,1H3,(H,15,19)(H,17,18). The summed E-state index contributed by atoms with van der Waals surface area (Å²) in [5.41, 5.74) is -0.0367.